The Hall–Kier alpha value is -1.43. The number of amides is 1. The summed E-state index contributed by atoms with van der Waals surface area (Å²) in [7, 11) is 0. The second-order valence-corrected chi connectivity index (χ2v) is 5.77. The molecule has 0 aromatic carbocycles. The monoisotopic (exact) mass is 298 g/mol. The molecule has 0 radical (unpaired) electrons. The number of hydrogen-bond acceptors (Lipinski definition) is 4. The summed E-state index contributed by atoms with van der Waals surface area (Å²) in [5.41, 5.74) is -0.120. The highest BCUT2D eigenvalue weighted by Gasteiger charge is 2.35. The van der Waals surface area contributed by atoms with E-state index in [1.54, 1.807) is 11.3 Å². The van der Waals surface area contributed by atoms with Gasteiger partial charge >= 0.3 is 5.97 Å². The number of hydrogen-bond donors (Lipinski definition) is 2. The molecule has 5 nitrogen and oxygen atoms in total. The van der Waals surface area contributed by atoms with E-state index in [1.807, 2.05) is 26.2 Å². The van der Waals surface area contributed by atoms with E-state index in [2.05, 4.69) is 10.3 Å². The summed E-state index contributed by atoms with van der Waals surface area (Å²) in [5, 5.41) is 14.9. The normalized spacial score (nSPS) is 11.3. The molecule has 0 spiro atoms. The topological polar surface area (TPSA) is 79.3 Å². The van der Waals surface area contributed by atoms with Crippen LogP contribution in [-0.2, 0) is 22.4 Å². The summed E-state index contributed by atoms with van der Waals surface area (Å²) >= 11 is 1.54. The molecule has 0 saturated heterocycles. The van der Waals surface area contributed by atoms with Crippen molar-refractivity contribution < 1.29 is 14.7 Å². The molecular formula is C14H22N2O3S. The van der Waals surface area contributed by atoms with Gasteiger partial charge in [-0.2, -0.15) is 0 Å². The molecule has 0 atom stereocenters. The van der Waals surface area contributed by atoms with E-state index < -0.39 is 11.4 Å². The molecular weight excluding hydrogens is 276 g/mol. The molecule has 0 saturated carbocycles. The molecule has 112 valence electrons. The van der Waals surface area contributed by atoms with E-state index in [1.165, 1.54) is 0 Å². The lowest BCUT2D eigenvalue weighted by Crippen LogP contribution is -2.42. The molecule has 20 heavy (non-hydrogen) atoms. The minimum absolute atomic E-state index is 0.166. The predicted molar refractivity (Wildman–Crippen MR) is 78.9 cm³/mol. The van der Waals surface area contributed by atoms with Gasteiger partial charge in [-0.15, -0.1) is 11.3 Å². The van der Waals surface area contributed by atoms with Gasteiger partial charge in [0.2, 0.25) is 5.91 Å². The molecule has 1 rings (SSSR count). The summed E-state index contributed by atoms with van der Waals surface area (Å²) in [5.74, 6) is -1.03. The number of nitrogens with one attached hydrogen (secondary N) is 1. The fourth-order valence-electron chi connectivity index (χ4n) is 1.97. The highest BCUT2D eigenvalue weighted by molar-refractivity contribution is 7.09. The molecule has 0 unspecified atom stereocenters. The van der Waals surface area contributed by atoms with Gasteiger partial charge in [0.15, 0.2) is 0 Å². The van der Waals surface area contributed by atoms with E-state index in [0.29, 0.717) is 12.8 Å². The maximum Gasteiger partial charge on any atom is 0.311 e. The summed E-state index contributed by atoms with van der Waals surface area (Å²) in [6.45, 7) is 5.85. The number of aliphatic carboxylic acids is 1. The van der Waals surface area contributed by atoms with Crippen molar-refractivity contribution in [1.29, 1.82) is 0 Å². The molecule has 0 aliphatic carbocycles. The van der Waals surface area contributed by atoms with Crippen molar-refractivity contribution in [3.8, 4) is 0 Å². The van der Waals surface area contributed by atoms with Gasteiger partial charge in [-0.1, -0.05) is 20.8 Å². The van der Waals surface area contributed by atoms with Crippen LogP contribution in [0.15, 0.2) is 5.38 Å². The van der Waals surface area contributed by atoms with E-state index in [9.17, 15) is 14.7 Å². The van der Waals surface area contributed by atoms with E-state index in [4.69, 9.17) is 0 Å². The van der Waals surface area contributed by atoms with Gasteiger partial charge in [-0.25, -0.2) is 4.98 Å². The average Bonchev–Trinajstić information content (AvgIpc) is 2.87. The number of carbonyl (C=O) groups is 2. The largest absolute Gasteiger partial charge is 0.481 e. The molecule has 2 N–H and O–H groups in total. The molecule has 6 heteroatoms. The Balaban J connectivity index is 2.56. The van der Waals surface area contributed by atoms with Crippen LogP contribution in [0.25, 0.3) is 0 Å². The van der Waals surface area contributed by atoms with Crippen molar-refractivity contribution in [3.05, 3.63) is 16.1 Å². The Morgan fingerprint density at radius 3 is 2.45 bits per heavy atom. The first-order valence-corrected chi connectivity index (χ1v) is 7.78. The Kier molecular flexibility index (Phi) is 6.13. The van der Waals surface area contributed by atoms with Gasteiger partial charge in [-0.05, 0) is 19.3 Å². The van der Waals surface area contributed by atoms with Gasteiger partial charge in [0.1, 0.15) is 0 Å². The van der Waals surface area contributed by atoms with E-state index >= 15 is 0 Å². The third-order valence-corrected chi connectivity index (χ3v) is 4.72. The van der Waals surface area contributed by atoms with Crippen LogP contribution in [-0.4, -0.2) is 28.5 Å². The zero-order chi connectivity index (χ0) is 15.2. The lowest BCUT2D eigenvalue weighted by Gasteiger charge is -2.26. The third-order valence-electron chi connectivity index (χ3n) is 3.67. The first-order valence-electron chi connectivity index (χ1n) is 6.90. The number of carboxylic acids is 1. The van der Waals surface area contributed by atoms with Gasteiger partial charge < -0.3 is 10.4 Å². The molecule has 0 aliphatic heterocycles. The molecule has 1 amide bonds. The summed E-state index contributed by atoms with van der Waals surface area (Å²) in [6.07, 6.45) is 2.06. The maximum atomic E-state index is 11.9. The van der Waals surface area contributed by atoms with Crippen LogP contribution >= 0.6 is 11.3 Å². The Morgan fingerprint density at radius 1 is 1.35 bits per heavy atom. The Morgan fingerprint density at radius 2 is 2.00 bits per heavy atom. The molecule has 1 heterocycles. The van der Waals surface area contributed by atoms with E-state index in [0.717, 1.165) is 17.1 Å². The maximum absolute atomic E-state index is 11.9. The second-order valence-electron chi connectivity index (χ2n) is 4.83. The van der Waals surface area contributed by atoms with E-state index in [-0.39, 0.29) is 18.9 Å². The number of carboxylic acid groups (broad SMARTS) is 1. The highest BCUT2D eigenvalue weighted by Crippen LogP contribution is 2.25. The van der Waals surface area contributed by atoms with Gasteiger partial charge in [0.25, 0.3) is 0 Å². The second kappa shape index (κ2) is 7.38. The first-order chi connectivity index (χ1) is 9.47. The van der Waals surface area contributed by atoms with Crippen molar-refractivity contribution in [2.24, 2.45) is 5.41 Å². The molecule has 0 aliphatic rings. The zero-order valence-corrected chi connectivity index (χ0v) is 13.0. The number of aromatic nitrogens is 1. The predicted octanol–water partition coefficient (Wildman–Crippen LogP) is 2.26. The standard InChI is InChI=1S/C14H22N2O3S/c1-4-12-16-10(8-20-12)7-11(17)15-9-14(5-2,6-3)13(18)19/h8H,4-7,9H2,1-3H3,(H,15,17)(H,18,19). The number of rotatable bonds is 8. The summed E-state index contributed by atoms with van der Waals surface area (Å²) in [4.78, 5) is 27.5. The molecule has 0 bridgehead atoms. The van der Waals surface area contributed by atoms with Crippen LogP contribution in [0.1, 0.15) is 44.3 Å². The number of carbonyl (C=O) groups excluding carboxylic acids is 1. The van der Waals surface area contributed by atoms with Gasteiger partial charge in [0, 0.05) is 11.9 Å². The van der Waals surface area contributed by atoms with Gasteiger partial charge in [-0.3, -0.25) is 9.59 Å². The number of nitrogens with zero attached hydrogens (tertiary/aromatic N) is 1. The Bertz CT molecular complexity index is 467. The van der Waals surface area contributed by atoms with Crippen molar-refractivity contribution in [2.45, 2.75) is 46.5 Å². The van der Waals surface area contributed by atoms with Crippen molar-refractivity contribution in [1.82, 2.24) is 10.3 Å². The Labute approximate surface area is 123 Å². The fourth-order valence-corrected chi connectivity index (χ4v) is 2.71. The first kappa shape index (κ1) is 16.6. The van der Waals surface area contributed by atoms with Crippen LogP contribution in [0.3, 0.4) is 0 Å². The van der Waals surface area contributed by atoms with Crippen molar-refractivity contribution in [3.63, 3.8) is 0 Å². The quantitative estimate of drug-likeness (QED) is 0.771. The van der Waals surface area contributed by atoms with Crippen molar-refractivity contribution in [2.75, 3.05) is 6.54 Å². The summed E-state index contributed by atoms with van der Waals surface area (Å²) in [6, 6.07) is 0. The van der Waals surface area contributed by atoms with Crippen LogP contribution in [0, 0.1) is 5.41 Å². The minimum atomic E-state index is -0.869. The minimum Gasteiger partial charge on any atom is -0.481 e. The fraction of sp³-hybridized carbons (Fsp3) is 0.643. The molecule has 1 aromatic heterocycles. The molecule has 0 fully saturated rings. The number of aryl methyl sites for hydroxylation is 1. The lowest BCUT2D eigenvalue weighted by molar-refractivity contribution is -0.149. The SMILES string of the molecule is CCc1nc(CC(=O)NCC(CC)(CC)C(=O)O)cs1. The van der Waals surface area contributed by atoms with Crippen LogP contribution in [0.4, 0.5) is 0 Å². The van der Waals surface area contributed by atoms with Crippen molar-refractivity contribution >= 4 is 23.2 Å². The van der Waals surface area contributed by atoms with Crippen LogP contribution < -0.4 is 5.32 Å². The van der Waals surface area contributed by atoms with Gasteiger partial charge in [0.05, 0.1) is 22.5 Å². The smallest absolute Gasteiger partial charge is 0.311 e. The average molecular weight is 298 g/mol. The zero-order valence-electron chi connectivity index (χ0n) is 12.2. The summed E-state index contributed by atoms with van der Waals surface area (Å²) < 4.78 is 0. The lowest BCUT2D eigenvalue weighted by atomic mass is 9.82. The number of thiazole rings is 1. The highest BCUT2D eigenvalue weighted by atomic mass is 32.1. The van der Waals surface area contributed by atoms with Crippen LogP contribution in [0.2, 0.25) is 0 Å². The molecule has 1 aromatic rings. The third kappa shape index (κ3) is 4.03. The van der Waals surface area contributed by atoms with Crippen LogP contribution in [0.5, 0.6) is 0 Å².